The van der Waals surface area contributed by atoms with Gasteiger partial charge < -0.3 is 10.4 Å². The molecule has 0 aromatic heterocycles. The summed E-state index contributed by atoms with van der Waals surface area (Å²) in [6.45, 7) is 0. The van der Waals surface area contributed by atoms with E-state index in [9.17, 15) is 9.59 Å². The van der Waals surface area contributed by atoms with Gasteiger partial charge in [0.15, 0.2) is 0 Å². The molecule has 1 amide bonds. The number of anilines is 1. The predicted molar refractivity (Wildman–Crippen MR) is 90.5 cm³/mol. The quantitative estimate of drug-likeness (QED) is 0.695. The first-order valence-corrected chi connectivity index (χ1v) is 7.51. The van der Waals surface area contributed by atoms with E-state index in [1.165, 1.54) is 24.3 Å². The molecule has 4 nitrogen and oxygen atoms in total. The molecule has 0 saturated carbocycles. The summed E-state index contributed by atoms with van der Waals surface area (Å²) < 4.78 is 0.819. The summed E-state index contributed by atoms with van der Waals surface area (Å²) in [6.07, 6.45) is 0. The van der Waals surface area contributed by atoms with Crippen LogP contribution >= 0.6 is 45.8 Å². The van der Waals surface area contributed by atoms with Crippen molar-refractivity contribution in [2.75, 3.05) is 5.32 Å². The number of carbonyl (C=O) groups excluding carboxylic acids is 1. The van der Waals surface area contributed by atoms with Crippen molar-refractivity contribution in [2.45, 2.75) is 0 Å². The van der Waals surface area contributed by atoms with E-state index in [0.29, 0.717) is 15.6 Å². The number of carboxylic acids is 1. The van der Waals surface area contributed by atoms with Crippen LogP contribution in [0, 0.1) is 3.57 Å². The van der Waals surface area contributed by atoms with E-state index < -0.39 is 11.9 Å². The maximum absolute atomic E-state index is 12.2. The molecule has 2 aromatic rings. The Morgan fingerprint density at radius 2 is 1.81 bits per heavy atom. The fraction of sp³-hybridized carbons (Fsp3) is 0. The van der Waals surface area contributed by atoms with Gasteiger partial charge in [0.25, 0.3) is 5.91 Å². The van der Waals surface area contributed by atoms with Crippen molar-refractivity contribution < 1.29 is 14.7 Å². The maximum Gasteiger partial charge on any atom is 0.337 e. The first kappa shape index (κ1) is 16.1. The Labute approximate surface area is 144 Å². The molecule has 0 aliphatic heterocycles. The minimum atomic E-state index is -1.15. The molecular formula is C14H8Cl2INO3. The molecule has 0 fully saturated rings. The summed E-state index contributed by atoms with van der Waals surface area (Å²) in [4.78, 5) is 23.3. The Kier molecular flexibility index (Phi) is 5.08. The van der Waals surface area contributed by atoms with Gasteiger partial charge in [-0.25, -0.2) is 4.79 Å². The molecule has 0 aliphatic rings. The van der Waals surface area contributed by atoms with Crippen LogP contribution in [0.2, 0.25) is 10.0 Å². The number of benzene rings is 2. The van der Waals surface area contributed by atoms with Gasteiger partial charge in [-0.3, -0.25) is 4.79 Å². The largest absolute Gasteiger partial charge is 0.478 e. The highest BCUT2D eigenvalue weighted by atomic mass is 127. The van der Waals surface area contributed by atoms with E-state index in [0.717, 1.165) is 3.57 Å². The van der Waals surface area contributed by atoms with Crippen molar-refractivity contribution >= 4 is 63.4 Å². The molecule has 2 rings (SSSR count). The topological polar surface area (TPSA) is 66.4 Å². The second-order valence-corrected chi connectivity index (χ2v) is 6.08. The lowest BCUT2D eigenvalue weighted by molar-refractivity contribution is 0.0698. The molecule has 0 aliphatic carbocycles. The van der Waals surface area contributed by atoms with Crippen LogP contribution in [-0.4, -0.2) is 17.0 Å². The third-order valence-corrected chi connectivity index (χ3v) is 4.45. The van der Waals surface area contributed by atoms with Gasteiger partial charge in [0, 0.05) is 14.2 Å². The third-order valence-electron chi connectivity index (χ3n) is 2.64. The Morgan fingerprint density at radius 1 is 1.10 bits per heavy atom. The van der Waals surface area contributed by atoms with Crippen molar-refractivity contribution in [3.8, 4) is 0 Å². The third kappa shape index (κ3) is 3.87. The van der Waals surface area contributed by atoms with Crippen LogP contribution in [0.1, 0.15) is 20.7 Å². The average molecular weight is 436 g/mol. The summed E-state index contributed by atoms with van der Waals surface area (Å²) in [5.41, 5.74) is 0.427. The van der Waals surface area contributed by atoms with Crippen LogP contribution in [0.4, 0.5) is 5.69 Å². The zero-order valence-corrected chi connectivity index (χ0v) is 14.0. The van der Waals surface area contributed by atoms with Crippen molar-refractivity contribution in [1.82, 2.24) is 0 Å². The summed E-state index contributed by atoms with van der Waals surface area (Å²) in [7, 11) is 0. The van der Waals surface area contributed by atoms with Gasteiger partial charge in [0.2, 0.25) is 0 Å². The number of amides is 1. The molecule has 0 spiro atoms. The number of hydrogen-bond donors (Lipinski definition) is 2. The normalized spacial score (nSPS) is 10.2. The van der Waals surface area contributed by atoms with Crippen molar-refractivity contribution in [1.29, 1.82) is 0 Å². The Bertz CT molecular complexity index is 734. The highest BCUT2D eigenvalue weighted by molar-refractivity contribution is 14.1. The van der Waals surface area contributed by atoms with Gasteiger partial charge in [-0.2, -0.15) is 0 Å². The number of halogens is 3. The van der Waals surface area contributed by atoms with Gasteiger partial charge in [-0.15, -0.1) is 0 Å². The summed E-state index contributed by atoms with van der Waals surface area (Å²) >= 11 is 13.8. The zero-order chi connectivity index (χ0) is 15.6. The Hall–Kier alpha value is -1.31. The molecule has 7 heteroatoms. The number of carbonyl (C=O) groups is 2. The van der Waals surface area contributed by atoms with E-state index in [4.69, 9.17) is 28.3 Å². The van der Waals surface area contributed by atoms with Gasteiger partial charge in [0.1, 0.15) is 0 Å². The minimum Gasteiger partial charge on any atom is -0.478 e. The van der Waals surface area contributed by atoms with E-state index in [2.05, 4.69) is 5.32 Å². The number of aromatic carboxylic acids is 1. The van der Waals surface area contributed by atoms with Gasteiger partial charge in [0.05, 0.1) is 16.3 Å². The molecule has 2 aromatic carbocycles. The van der Waals surface area contributed by atoms with Crippen molar-refractivity contribution in [3.63, 3.8) is 0 Å². The lowest BCUT2D eigenvalue weighted by Crippen LogP contribution is -2.15. The van der Waals surface area contributed by atoms with E-state index in [1.807, 2.05) is 22.6 Å². The Balaban J connectivity index is 2.33. The standard InChI is InChI=1S/C14H8Cl2INO3/c15-8-2-3-9(14(20)21)12(6-8)18-13(19)7-1-4-11(17)10(16)5-7/h1-6H,(H,18,19)(H,20,21). The van der Waals surface area contributed by atoms with Gasteiger partial charge in [-0.1, -0.05) is 23.2 Å². The monoisotopic (exact) mass is 435 g/mol. The number of hydrogen-bond acceptors (Lipinski definition) is 2. The molecule has 0 atom stereocenters. The fourth-order valence-electron chi connectivity index (χ4n) is 1.64. The van der Waals surface area contributed by atoms with Gasteiger partial charge >= 0.3 is 5.97 Å². The smallest absolute Gasteiger partial charge is 0.337 e. The fourth-order valence-corrected chi connectivity index (χ4v) is 2.33. The molecule has 108 valence electrons. The lowest BCUT2D eigenvalue weighted by Gasteiger charge is -2.09. The molecule has 0 saturated heterocycles. The highest BCUT2D eigenvalue weighted by Gasteiger charge is 2.14. The van der Waals surface area contributed by atoms with Crippen LogP contribution in [0.25, 0.3) is 0 Å². The van der Waals surface area contributed by atoms with E-state index in [-0.39, 0.29) is 11.3 Å². The first-order chi connectivity index (χ1) is 9.88. The lowest BCUT2D eigenvalue weighted by atomic mass is 10.1. The maximum atomic E-state index is 12.2. The molecular weight excluding hydrogens is 428 g/mol. The number of carboxylic acid groups (broad SMARTS) is 1. The molecule has 2 N–H and O–H groups in total. The molecule has 21 heavy (non-hydrogen) atoms. The molecule has 0 bridgehead atoms. The average Bonchev–Trinajstić information content (AvgIpc) is 2.41. The molecule has 0 unspecified atom stereocenters. The van der Waals surface area contributed by atoms with Crippen LogP contribution in [0.15, 0.2) is 36.4 Å². The van der Waals surface area contributed by atoms with Crippen LogP contribution in [0.5, 0.6) is 0 Å². The number of nitrogens with one attached hydrogen (secondary N) is 1. The summed E-state index contributed by atoms with van der Waals surface area (Å²) in [6, 6.07) is 8.99. The van der Waals surface area contributed by atoms with Crippen LogP contribution in [-0.2, 0) is 0 Å². The van der Waals surface area contributed by atoms with E-state index >= 15 is 0 Å². The second-order valence-electron chi connectivity index (χ2n) is 4.08. The highest BCUT2D eigenvalue weighted by Crippen LogP contribution is 2.23. The molecule has 0 heterocycles. The minimum absolute atomic E-state index is 0.0376. The van der Waals surface area contributed by atoms with Crippen molar-refractivity contribution in [3.05, 3.63) is 61.1 Å². The SMILES string of the molecule is O=C(Nc1cc(Cl)ccc1C(=O)O)c1ccc(I)c(Cl)c1. The molecule has 0 radical (unpaired) electrons. The van der Waals surface area contributed by atoms with Crippen molar-refractivity contribution in [2.24, 2.45) is 0 Å². The van der Waals surface area contributed by atoms with E-state index in [1.54, 1.807) is 12.1 Å². The Morgan fingerprint density at radius 3 is 2.43 bits per heavy atom. The summed E-state index contributed by atoms with van der Waals surface area (Å²) in [5.74, 6) is -1.61. The summed E-state index contributed by atoms with van der Waals surface area (Å²) in [5, 5.41) is 12.4. The second kappa shape index (κ2) is 6.64. The van der Waals surface area contributed by atoms with Gasteiger partial charge in [-0.05, 0) is 59.0 Å². The van der Waals surface area contributed by atoms with Crippen LogP contribution in [0.3, 0.4) is 0 Å². The zero-order valence-electron chi connectivity index (χ0n) is 10.4. The van der Waals surface area contributed by atoms with Crippen LogP contribution < -0.4 is 5.32 Å². The number of rotatable bonds is 3. The first-order valence-electron chi connectivity index (χ1n) is 5.67. The predicted octanol–water partition coefficient (Wildman–Crippen LogP) is 4.55.